The monoisotopic (exact) mass is 319 g/mol. The number of rotatable bonds is 3. The molecule has 1 aliphatic rings. The minimum atomic E-state index is 0.419. The molecule has 0 bridgehead atoms. The zero-order chi connectivity index (χ0) is 14.7. The minimum absolute atomic E-state index is 0.419. The Morgan fingerprint density at radius 2 is 2.05 bits per heavy atom. The largest absolute Gasteiger partial charge is 0.289 e. The second kappa shape index (κ2) is 6.77. The van der Waals surface area contributed by atoms with E-state index < -0.39 is 0 Å². The SMILES string of the molecule is C[C@@H]1SCCN(Cc2cnc(Cl)cn2)[C@H]1c1ccccc1. The van der Waals surface area contributed by atoms with Gasteiger partial charge < -0.3 is 0 Å². The van der Waals surface area contributed by atoms with Gasteiger partial charge in [-0.15, -0.1) is 0 Å². The highest BCUT2D eigenvalue weighted by Gasteiger charge is 2.30. The summed E-state index contributed by atoms with van der Waals surface area (Å²) in [5.41, 5.74) is 2.35. The normalized spacial score (nSPS) is 23.1. The Morgan fingerprint density at radius 3 is 2.76 bits per heavy atom. The number of nitrogens with zero attached hydrogens (tertiary/aromatic N) is 3. The fraction of sp³-hybridized carbons (Fsp3) is 0.375. The standard InChI is InChI=1S/C16H18ClN3S/c1-12-16(13-5-3-2-4-6-13)20(7-8-21-12)11-14-9-19-15(17)10-18-14/h2-6,9-10,12,16H,7-8,11H2,1H3/t12-,16+/m0/s1. The van der Waals surface area contributed by atoms with Crippen molar-refractivity contribution in [3.05, 3.63) is 59.1 Å². The first-order chi connectivity index (χ1) is 10.2. The van der Waals surface area contributed by atoms with Gasteiger partial charge in [0.1, 0.15) is 5.15 Å². The molecule has 1 saturated heterocycles. The van der Waals surface area contributed by atoms with Crippen molar-refractivity contribution in [1.29, 1.82) is 0 Å². The number of hydrogen-bond donors (Lipinski definition) is 0. The maximum absolute atomic E-state index is 5.81. The van der Waals surface area contributed by atoms with Gasteiger partial charge in [-0.2, -0.15) is 11.8 Å². The molecule has 21 heavy (non-hydrogen) atoms. The van der Waals surface area contributed by atoms with Gasteiger partial charge in [0.25, 0.3) is 0 Å². The van der Waals surface area contributed by atoms with E-state index >= 15 is 0 Å². The van der Waals surface area contributed by atoms with Crippen LogP contribution in [0.15, 0.2) is 42.7 Å². The molecule has 1 aromatic carbocycles. The van der Waals surface area contributed by atoms with E-state index in [0.717, 1.165) is 24.5 Å². The third-order valence-electron chi connectivity index (χ3n) is 3.78. The number of aromatic nitrogens is 2. The third kappa shape index (κ3) is 3.57. The molecule has 1 aliphatic heterocycles. The average Bonchev–Trinajstić information content (AvgIpc) is 2.51. The van der Waals surface area contributed by atoms with Crippen LogP contribution in [0.4, 0.5) is 0 Å². The summed E-state index contributed by atoms with van der Waals surface area (Å²) < 4.78 is 0. The third-order valence-corrected chi connectivity index (χ3v) is 5.17. The molecule has 3 nitrogen and oxygen atoms in total. The summed E-state index contributed by atoms with van der Waals surface area (Å²) in [5, 5.41) is 1.02. The molecule has 2 heterocycles. The fourth-order valence-corrected chi connectivity index (χ4v) is 4.14. The minimum Gasteiger partial charge on any atom is -0.289 e. The molecular weight excluding hydrogens is 302 g/mol. The van der Waals surface area contributed by atoms with Crippen LogP contribution in [-0.2, 0) is 6.54 Å². The van der Waals surface area contributed by atoms with Crippen molar-refractivity contribution in [3.63, 3.8) is 0 Å². The molecule has 5 heteroatoms. The predicted octanol–water partition coefficient (Wildman–Crippen LogP) is 3.81. The fourth-order valence-electron chi connectivity index (χ4n) is 2.82. The lowest BCUT2D eigenvalue weighted by molar-refractivity contribution is 0.189. The molecule has 1 aromatic heterocycles. The summed E-state index contributed by atoms with van der Waals surface area (Å²) in [6, 6.07) is 11.1. The Morgan fingerprint density at radius 1 is 1.24 bits per heavy atom. The molecule has 2 aromatic rings. The van der Waals surface area contributed by atoms with Crippen molar-refractivity contribution in [2.75, 3.05) is 12.3 Å². The first-order valence-electron chi connectivity index (χ1n) is 7.11. The molecule has 3 rings (SSSR count). The van der Waals surface area contributed by atoms with Crippen LogP contribution in [0.2, 0.25) is 5.15 Å². The maximum atomic E-state index is 5.81. The molecular formula is C16H18ClN3S. The van der Waals surface area contributed by atoms with Crippen LogP contribution in [0, 0.1) is 0 Å². The van der Waals surface area contributed by atoms with Crippen molar-refractivity contribution in [3.8, 4) is 0 Å². The number of hydrogen-bond acceptors (Lipinski definition) is 4. The number of benzene rings is 1. The smallest absolute Gasteiger partial charge is 0.147 e. The van der Waals surface area contributed by atoms with E-state index in [1.165, 1.54) is 5.56 Å². The number of halogens is 1. The van der Waals surface area contributed by atoms with E-state index in [2.05, 4.69) is 52.1 Å². The van der Waals surface area contributed by atoms with Crippen LogP contribution in [0.5, 0.6) is 0 Å². The summed E-state index contributed by atoms with van der Waals surface area (Å²) in [6.45, 7) is 4.19. The van der Waals surface area contributed by atoms with Gasteiger partial charge in [0, 0.05) is 30.1 Å². The quantitative estimate of drug-likeness (QED) is 0.860. The first kappa shape index (κ1) is 14.8. The van der Waals surface area contributed by atoms with Gasteiger partial charge >= 0.3 is 0 Å². The van der Waals surface area contributed by atoms with Crippen molar-refractivity contribution in [2.24, 2.45) is 0 Å². The lowest BCUT2D eigenvalue weighted by atomic mass is 10.0. The Kier molecular flexibility index (Phi) is 4.78. The lowest BCUT2D eigenvalue weighted by Crippen LogP contribution is -2.39. The zero-order valence-corrected chi connectivity index (χ0v) is 13.5. The van der Waals surface area contributed by atoms with Crippen LogP contribution in [0.1, 0.15) is 24.2 Å². The van der Waals surface area contributed by atoms with Gasteiger partial charge in [-0.3, -0.25) is 9.88 Å². The summed E-state index contributed by atoms with van der Waals surface area (Å²) in [6.07, 6.45) is 3.40. The summed E-state index contributed by atoms with van der Waals surface area (Å²) in [4.78, 5) is 11.0. The van der Waals surface area contributed by atoms with E-state index in [1.807, 2.05) is 11.8 Å². The van der Waals surface area contributed by atoms with Crippen LogP contribution < -0.4 is 0 Å². The molecule has 0 radical (unpaired) electrons. The highest BCUT2D eigenvalue weighted by molar-refractivity contribution is 8.00. The van der Waals surface area contributed by atoms with Gasteiger partial charge in [-0.25, -0.2) is 4.98 Å². The Balaban J connectivity index is 1.82. The molecule has 0 N–H and O–H groups in total. The number of thioether (sulfide) groups is 1. The van der Waals surface area contributed by atoms with Crippen molar-refractivity contribution in [2.45, 2.75) is 24.8 Å². The molecule has 0 spiro atoms. The highest BCUT2D eigenvalue weighted by Crippen LogP contribution is 2.36. The van der Waals surface area contributed by atoms with Crippen LogP contribution >= 0.6 is 23.4 Å². The summed E-state index contributed by atoms with van der Waals surface area (Å²) in [5.74, 6) is 1.16. The molecule has 2 atom stereocenters. The van der Waals surface area contributed by atoms with Crippen molar-refractivity contribution >= 4 is 23.4 Å². The van der Waals surface area contributed by atoms with Gasteiger partial charge in [0.15, 0.2) is 0 Å². The van der Waals surface area contributed by atoms with Gasteiger partial charge in [-0.05, 0) is 5.56 Å². The Hall–Kier alpha value is -1.10. The second-order valence-electron chi connectivity index (χ2n) is 5.23. The van der Waals surface area contributed by atoms with Crippen LogP contribution in [0.25, 0.3) is 0 Å². The second-order valence-corrected chi connectivity index (χ2v) is 7.10. The highest BCUT2D eigenvalue weighted by atomic mass is 35.5. The molecule has 0 aliphatic carbocycles. The molecule has 1 fully saturated rings. The van der Waals surface area contributed by atoms with E-state index in [9.17, 15) is 0 Å². The maximum Gasteiger partial charge on any atom is 0.147 e. The van der Waals surface area contributed by atoms with Gasteiger partial charge in [-0.1, -0.05) is 48.9 Å². The molecule has 0 amide bonds. The van der Waals surface area contributed by atoms with Crippen molar-refractivity contribution in [1.82, 2.24) is 14.9 Å². The van der Waals surface area contributed by atoms with E-state index in [4.69, 9.17) is 11.6 Å². The van der Waals surface area contributed by atoms with Crippen molar-refractivity contribution < 1.29 is 0 Å². The predicted molar refractivity (Wildman–Crippen MR) is 88.6 cm³/mol. The Bertz CT molecular complexity index is 576. The van der Waals surface area contributed by atoms with Crippen LogP contribution in [-0.4, -0.2) is 32.4 Å². The Labute approximate surface area is 134 Å². The van der Waals surface area contributed by atoms with Gasteiger partial charge in [0.2, 0.25) is 0 Å². The summed E-state index contributed by atoms with van der Waals surface area (Å²) in [7, 11) is 0. The van der Waals surface area contributed by atoms with E-state index in [0.29, 0.717) is 16.4 Å². The first-order valence-corrected chi connectivity index (χ1v) is 8.54. The van der Waals surface area contributed by atoms with Crippen LogP contribution in [0.3, 0.4) is 0 Å². The van der Waals surface area contributed by atoms with E-state index in [-0.39, 0.29) is 0 Å². The lowest BCUT2D eigenvalue weighted by Gasteiger charge is -2.39. The van der Waals surface area contributed by atoms with Gasteiger partial charge in [0.05, 0.1) is 18.1 Å². The average molecular weight is 320 g/mol. The zero-order valence-electron chi connectivity index (χ0n) is 11.9. The molecule has 0 unspecified atom stereocenters. The molecule has 0 saturated carbocycles. The topological polar surface area (TPSA) is 29.0 Å². The van der Waals surface area contributed by atoms with E-state index in [1.54, 1.807) is 12.4 Å². The molecule has 110 valence electrons. The summed E-state index contributed by atoms with van der Waals surface area (Å²) >= 11 is 7.85.